The lowest BCUT2D eigenvalue weighted by Crippen LogP contribution is -2.33. The van der Waals surface area contributed by atoms with Gasteiger partial charge in [-0.1, -0.05) is 11.6 Å². The molecule has 0 fully saturated rings. The van der Waals surface area contributed by atoms with Gasteiger partial charge in [0.05, 0.1) is 12.7 Å². The van der Waals surface area contributed by atoms with E-state index >= 15 is 0 Å². The van der Waals surface area contributed by atoms with Gasteiger partial charge >= 0.3 is 0 Å². The number of halogens is 1. The summed E-state index contributed by atoms with van der Waals surface area (Å²) in [5.41, 5.74) is 0.270. The Bertz CT molecular complexity index is 1260. The number of furan rings is 2. The zero-order valence-electron chi connectivity index (χ0n) is 18.8. The molecule has 33 heavy (non-hydrogen) atoms. The number of hydrogen-bond acceptors (Lipinski definition) is 7. The van der Waals surface area contributed by atoms with Crippen LogP contribution in [0.3, 0.4) is 0 Å². The van der Waals surface area contributed by atoms with Crippen molar-refractivity contribution < 1.29 is 28.3 Å². The SMILES string of the molecule is COc1cc(Cl)cc2cc(C(=O)C3=C(O)C(=O)N(CCCN(C)C)C3c3ccc(C)o3)oc12. The highest BCUT2D eigenvalue weighted by Gasteiger charge is 2.45. The largest absolute Gasteiger partial charge is 0.503 e. The van der Waals surface area contributed by atoms with Crippen molar-refractivity contribution >= 4 is 34.3 Å². The van der Waals surface area contributed by atoms with Gasteiger partial charge in [0.2, 0.25) is 5.78 Å². The summed E-state index contributed by atoms with van der Waals surface area (Å²) in [5.74, 6) is -0.461. The smallest absolute Gasteiger partial charge is 0.290 e. The Labute approximate surface area is 195 Å². The fourth-order valence-corrected chi connectivity index (χ4v) is 4.27. The van der Waals surface area contributed by atoms with E-state index in [0.29, 0.717) is 46.2 Å². The summed E-state index contributed by atoms with van der Waals surface area (Å²) >= 11 is 6.13. The number of fused-ring (bicyclic) bond motifs is 1. The fraction of sp³-hybridized carbons (Fsp3) is 0.333. The van der Waals surface area contributed by atoms with Crippen molar-refractivity contribution in [3.05, 3.63) is 64.0 Å². The maximum atomic E-state index is 13.6. The molecular weight excluding hydrogens is 448 g/mol. The van der Waals surface area contributed by atoms with Crippen LogP contribution < -0.4 is 4.74 Å². The third-order valence-corrected chi connectivity index (χ3v) is 5.79. The van der Waals surface area contributed by atoms with E-state index in [9.17, 15) is 14.7 Å². The molecule has 1 atom stereocenters. The van der Waals surface area contributed by atoms with E-state index in [-0.39, 0.29) is 11.3 Å². The molecule has 0 saturated heterocycles. The Morgan fingerprint density at radius 1 is 1.24 bits per heavy atom. The van der Waals surface area contributed by atoms with Gasteiger partial charge in [-0.15, -0.1) is 0 Å². The second-order valence-electron chi connectivity index (χ2n) is 8.23. The number of ketones is 1. The van der Waals surface area contributed by atoms with Crippen LogP contribution >= 0.6 is 11.6 Å². The molecule has 3 heterocycles. The molecular formula is C24H25ClN2O6. The molecule has 1 unspecified atom stereocenters. The Kier molecular flexibility index (Phi) is 6.23. The maximum absolute atomic E-state index is 13.6. The molecule has 0 bridgehead atoms. The Morgan fingerprint density at radius 3 is 2.64 bits per heavy atom. The minimum absolute atomic E-state index is 0.0386. The van der Waals surface area contributed by atoms with Crippen LogP contribution in [0, 0.1) is 6.92 Å². The molecule has 2 aromatic heterocycles. The number of hydrogen-bond donors (Lipinski definition) is 1. The highest BCUT2D eigenvalue weighted by Crippen LogP contribution is 2.41. The molecule has 4 rings (SSSR count). The van der Waals surface area contributed by atoms with E-state index in [1.54, 1.807) is 31.2 Å². The van der Waals surface area contributed by atoms with Crippen LogP contribution in [-0.2, 0) is 4.79 Å². The molecule has 0 saturated carbocycles. The van der Waals surface area contributed by atoms with Crippen molar-refractivity contribution in [2.24, 2.45) is 0 Å². The molecule has 1 aromatic carbocycles. The number of aliphatic hydroxyl groups excluding tert-OH is 1. The lowest BCUT2D eigenvalue weighted by Gasteiger charge is -2.25. The number of nitrogens with zero attached hydrogens (tertiary/aromatic N) is 2. The van der Waals surface area contributed by atoms with Crippen molar-refractivity contribution in [1.82, 2.24) is 9.80 Å². The van der Waals surface area contributed by atoms with Gasteiger partial charge in [-0.05, 0) is 58.3 Å². The number of methoxy groups -OCH3 is 1. The van der Waals surface area contributed by atoms with E-state index in [1.807, 2.05) is 19.0 Å². The number of ether oxygens (including phenoxy) is 1. The van der Waals surface area contributed by atoms with Gasteiger partial charge < -0.3 is 28.5 Å². The molecule has 0 spiro atoms. The zero-order valence-corrected chi connectivity index (χ0v) is 19.6. The number of amides is 1. The van der Waals surface area contributed by atoms with Gasteiger partial charge in [0.15, 0.2) is 22.9 Å². The normalized spacial score (nSPS) is 16.5. The summed E-state index contributed by atoms with van der Waals surface area (Å²) in [6, 6.07) is 7.35. The van der Waals surface area contributed by atoms with Gasteiger partial charge in [0.1, 0.15) is 17.6 Å². The lowest BCUT2D eigenvalue weighted by molar-refractivity contribution is -0.129. The van der Waals surface area contributed by atoms with E-state index in [1.165, 1.54) is 18.1 Å². The summed E-state index contributed by atoms with van der Waals surface area (Å²) in [7, 11) is 5.35. The van der Waals surface area contributed by atoms with Crippen molar-refractivity contribution in [3.63, 3.8) is 0 Å². The van der Waals surface area contributed by atoms with Crippen LogP contribution in [0.4, 0.5) is 0 Å². The van der Waals surface area contributed by atoms with Gasteiger partial charge in [0, 0.05) is 23.0 Å². The van der Waals surface area contributed by atoms with Crippen molar-refractivity contribution in [2.45, 2.75) is 19.4 Å². The Morgan fingerprint density at radius 2 is 2.00 bits per heavy atom. The molecule has 1 N–H and O–H groups in total. The third-order valence-electron chi connectivity index (χ3n) is 5.57. The number of rotatable bonds is 8. The molecule has 174 valence electrons. The first-order chi connectivity index (χ1) is 15.7. The number of aliphatic hydroxyl groups is 1. The summed E-state index contributed by atoms with van der Waals surface area (Å²) in [4.78, 5) is 30.0. The Hall–Kier alpha value is -3.23. The first-order valence-corrected chi connectivity index (χ1v) is 10.9. The molecule has 1 amide bonds. The first-order valence-electron chi connectivity index (χ1n) is 10.5. The Balaban J connectivity index is 1.76. The number of Topliss-reactive ketones (excluding diaryl/α,β-unsaturated/α-hetero) is 1. The van der Waals surface area contributed by atoms with Crippen LogP contribution in [0.5, 0.6) is 5.75 Å². The first kappa shape index (κ1) is 22.9. The van der Waals surface area contributed by atoms with E-state index in [4.69, 9.17) is 25.2 Å². The average molecular weight is 473 g/mol. The van der Waals surface area contributed by atoms with Crippen LogP contribution in [-0.4, -0.2) is 60.9 Å². The van der Waals surface area contributed by atoms with Crippen LogP contribution in [0.1, 0.15) is 34.5 Å². The van der Waals surface area contributed by atoms with E-state index in [2.05, 4.69) is 0 Å². The predicted octanol–water partition coefficient (Wildman–Crippen LogP) is 4.53. The summed E-state index contributed by atoms with van der Waals surface area (Å²) in [6.07, 6.45) is 0.657. The average Bonchev–Trinajstić information content (AvgIpc) is 3.44. The summed E-state index contributed by atoms with van der Waals surface area (Å²) in [5, 5.41) is 11.7. The monoisotopic (exact) mass is 472 g/mol. The molecule has 1 aliphatic heterocycles. The standard InChI is InChI=1S/C24H25ClN2O6/c1-13-6-7-16(32-13)20-19(22(29)24(30)27(20)9-5-8-26(2)3)21(28)17-11-14-10-15(25)12-18(31-4)23(14)33-17/h6-7,10-12,20,29H,5,8-9H2,1-4H3. The van der Waals surface area contributed by atoms with E-state index in [0.717, 1.165) is 6.54 Å². The lowest BCUT2D eigenvalue weighted by atomic mass is 9.99. The summed E-state index contributed by atoms with van der Waals surface area (Å²) in [6.45, 7) is 2.85. The number of carbonyl (C=O) groups excluding carboxylic acids is 2. The second kappa shape index (κ2) is 8.96. The highest BCUT2D eigenvalue weighted by atomic mass is 35.5. The molecule has 3 aromatic rings. The minimum Gasteiger partial charge on any atom is -0.503 e. The molecule has 0 aliphatic carbocycles. The summed E-state index contributed by atoms with van der Waals surface area (Å²) < 4.78 is 16.9. The molecule has 9 heteroatoms. The van der Waals surface area contributed by atoms with Gasteiger partial charge in [-0.2, -0.15) is 0 Å². The topological polar surface area (TPSA) is 96.4 Å². The number of benzene rings is 1. The van der Waals surface area contributed by atoms with Crippen molar-refractivity contribution in [3.8, 4) is 5.75 Å². The second-order valence-corrected chi connectivity index (χ2v) is 8.67. The van der Waals surface area contributed by atoms with Gasteiger partial charge in [-0.25, -0.2) is 0 Å². The molecule has 0 radical (unpaired) electrons. The van der Waals surface area contributed by atoms with Crippen molar-refractivity contribution in [2.75, 3.05) is 34.3 Å². The van der Waals surface area contributed by atoms with Crippen molar-refractivity contribution in [1.29, 1.82) is 0 Å². The minimum atomic E-state index is -0.862. The zero-order chi connectivity index (χ0) is 23.9. The number of aryl methyl sites for hydroxylation is 1. The fourth-order valence-electron chi connectivity index (χ4n) is 4.05. The van der Waals surface area contributed by atoms with Crippen LogP contribution in [0.25, 0.3) is 11.0 Å². The predicted molar refractivity (Wildman–Crippen MR) is 123 cm³/mol. The molecule has 1 aliphatic rings. The van der Waals surface area contributed by atoms with E-state index < -0.39 is 23.5 Å². The quantitative estimate of drug-likeness (QED) is 0.481. The van der Waals surface area contributed by atoms with Crippen LogP contribution in [0.15, 0.2) is 50.5 Å². The number of carbonyl (C=O) groups is 2. The third kappa shape index (κ3) is 4.24. The molecule has 8 nitrogen and oxygen atoms in total. The maximum Gasteiger partial charge on any atom is 0.290 e. The van der Waals surface area contributed by atoms with Gasteiger partial charge in [0.25, 0.3) is 5.91 Å². The van der Waals surface area contributed by atoms with Crippen LogP contribution in [0.2, 0.25) is 5.02 Å². The van der Waals surface area contributed by atoms with Gasteiger partial charge in [-0.3, -0.25) is 9.59 Å². The highest BCUT2D eigenvalue weighted by molar-refractivity contribution is 6.31.